The molecule has 1 unspecified atom stereocenters. The van der Waals surface area contributed by atoms with Crippen molar-refractivity contribution >= 4 is 5.97 Å². The maximum absolute atomic E-state index is 12.6. The molecule has 2 aromatic carbocycles. The van der Waals surface area contributed by atoms with E-state index in [4.69, 9.17) is 9.47 Å². The summed E-state index contributed by atoms with van der Waals surface area (Å²) in [4.78, 5) is 12.6. The van der Waals surface area contributed by atoms with Crippen molar-refractivity contribution in [1.82, 2.24) is 5.32 Å². The molecule has 1 aliphatic heterocycles. The van der Waals surface area contributed by atoms with Crippen LogP contribution < -0.4 is 5.32 Å². The summed E-state index contributed by atoms with van der Waals surface area (Å²) in [5, 5.41) is 3.38. The van der Waals surface area contributed by atoms with Crippen molar-refractivity contribution in [3.8, 4) is 0 Å². The number of esters is 1. The molecule has 0 radical (unpaired) electrons. The van der Waals surface area contributed by atoms with Crippen molar-refractivity contribution in [1.29, 1.82) is 0 Å². The van der Waals surface area contributed by atoms with E-state index >= 15 is 0 Å². The fourth-order valence-electron chi connectivity index (χ4n) is 4.01. The van der Waals surface area contributed by atoms with E-state index in [0.717, 1.165) is 42.6 Å². The van der Waals surface area contributed by atoms with E-state index in [0.29, 0.717) is 25.6 Å². The molecule has 1 fully saturated rings. The predicted molar refractivity (Wildman–Crippen MR) is 120 cm³/mol. The maximum atomic E-state index is 12.6. The molecule has 160 valence electrons. The maximum Gasteiger partial charge on any atom is 0.333 e. The molecule has 1 aliphatic rings. The second kappa shape index (κ2) is 11.7. The largest absolute Gasteiger partial charge is 0.462 e. The highest BCUT2D eigenvalue weighted by molar-refractivity contribution is 5.89. The zero-order valence-corrected chi connectivity index (χ0v) is 18.1. The quantitative estimate of drug-likeness (QED) is 0.358. The molecular weight excluding hydrogens is 374 g/mol. The van der Waals surface area contributed by atoms with Crippen LogP contribution in [0.4, 0.5) is 0 Å². The smallest absolute Gasteiger partial charge is 0.333 e. The molecule has 4 nitrogen and oxygen atoms in total. The molecule has 1 atom stereocenters. The lowest BCUT2D eigenvalue weighted by atomic mass is 9.89. The number of carbonyl (C=O) groups excluding carboxylic acids is 1. The lowest BCUT2D eigenvalue weighted by Crippen LogP contribution is -2.31. The first-order valence-electron chi connectivity index (χ1n) is 11.0. The molecule has 0 saturated carbocycles. The van der Waals surface area contributed by atoms with E-state index in [9.17, 15) is 4.79 Å². The van der Waals surface area contributed by atoms with E-state index < -0.39 is 0 Å². The SMILES string of the molecule is CCC(C(=O)OCCCOC(c1ccccc1)c1ccccc1)=C1CCNCC1C. The van der Waals surface area contributed by atoms with Crippen molar-refractivity contribution in [2.24, 2.45) is 5.92 Å². The first kappa shape index (κ1) is 22.3. The molecule has 0 aliphatic carbocycles. The third-order valence-electron chi connectivity index (χ3n) is 5.62. The number of benzene rings is 2. The van der Waals surface area contributed by atoms with Crippen molar-refractivity contribution in [3.05, 3.63) is 82.9 Å². The third-order valence-corrected chi connectivity index (χ3v) is 5.62. The molecule has 0 spiro atoms. The molecule has 0 amide bonds. The van der Waals surface area contributed by atoms with Gasteiger partial charge in [-0.15, -0.1) is 0 Å². The van der Waals surface area contributed by atoms with E-state index in [1.165, 1.54) is 5.57 Å². The molecule has 30 heavy (non-hydrogen) atoms. The minimum Gasteiger partial charge on any atom is -0.462 e. The van der Waals surface area contributed by atoms with Gasteiger partial charge in [0.15, 0.2) is 0 Å². The van der Waals surface area contributed by atoms with Gasteiger partial charge in [-0.1, -0.05) is 80.1 Å². The number of nitrogens with one attached hydrogen (secondary N) is 1. The van der Waals surface area contributed by atoms with E-state index in [1.807, 2.05) is 43.3 Å². The first-order chi connectivity index (χ1) is 14.7. The summed E-state index contributed by atoms with van der Waals surface area (Å²) in [7, 11) is 0. The Labute approximate surface area is 180 Å². The van der Waals surface area contributed by atoms with Crippen molar-refractivity contribution < 1.29 is 14.3 Å². The normalized spacial score (nSPS) is 18.3. The molecule has 0 bridgehead atoms. The van der Waals surface area contributed by atoms with Gasteiger partial charge in [-0.05, 0) is 36.4 Å². The third kappa shape index (κ3) is 6.04. The summed E-state index contributed by atoms with van der Waals surface area (Å²) in [6.45, 7) is 6.97. The minimum absolute atomic E-state index is 0.119. The Hall–Kier alpha value is -2.43. The molecule has 2 aromatic rings. The van der Waals surface area contributed by atoms with Gasteiger partial charge in [0.05, 0.1) is 13.2 Å². The zero-order valence-electron chi connectivity index (χ0n) is 18.1. The van der Waals surface area contributed by atoms with Gasteiger partial charge in [-0.2, -0.15) is 0 Å². The summed E-state index contributed by atoms with van der Waals surface area (Å²) in [6.07, 6.45) is 2.20. The lowest BCUT2D eigenvalue weighted by Gasteiger charge is -2.25. The van der Waals surface area contributed by atoms with E-state index in [-0.39, 0.29) is 12.1 Å². The highest BCUT2D eigenvalue weighted by Crippen LogP contribution is 2.26. The molecular formula is C26H33NO3. The Bertz CT molecular complexity index is 777. The lowest BCUT2D eigenvalue weighted by molar-refractivity contribution is -0.139. The number of rotatable bonds is 9. The minimum atomic E-state index is -0.163. The fourth-order valence-corrected chi connectivity index (χ4v) is 4.01. The van der Waals surface area contributed by atoms with Crippen LogP contribution in [0.5, 0.6) is 0 Å². The number of hydrogen-bond acceptors (Lipinski definition) is 4. The van der Waals surface area contributed by atoms with Gasteiger partial charge in [0.25, 0.3) is 0 Å². The summed E-state index contributed by atoms with van der Waals surface area (Å²) >= 11 is 0. The second-order valence-electron chi connectivity index (χ2n) is 7.77. The molecule has 1 saturated heterocycles. The Morgan fingerprint density at radius 2 is 1.67 bits per heavy atom. The van der Waals surface area contributed by atoms with Gasteiger partial charge in [-0.25, -0.2) is 4.79 Å². The van der Waals surface area contributed by atoms with E-state index in [2.05, 4.69) is 36.5 Å². The van der Waals surface area contributed by atoms with Gasteiger partial charge in [0.1, 0.15) is 6.10 Å². The van der Waals surface area contributed by atoms with Gasteiger partial charge >= 0.3 is 5.97 Å². The predicted octanol–water partition coefficient (Wildman–Crippen LogP) is 5.06. The van der Waals surface area contributed by atoms with Crippen LogP contribution >= 0.6 is 0 Å². The first-order valence-corrected chi connectivity index (χ1v) is 11.0. The van der Waals surface area contributed by atoms with Crippen LogP contribution in [-0.4, -0.2) is 32.3 Å². The Morgan fingerprint density at radius 3 is 2.23 bits per heavy atom. The molecule has 1 N–H and O–H groups in total. The van der Waals surface area contributed by atoms with Crippen molar-refractivity contribution in [2.75, 3.05) is 26.3 Å². The molecule has 1 heterocycles. The Kier molecular flexibility index (Phi) is 8.66. The molecule has 4 heteroatoms. The number of piperidine rings is 1. The monoisotopic (exact) mass is 407 g/mol. The summed E-state index contributed by atoms with van der Waals surface area (Å²) in [5.41, 5.74) is 4.36. The second-order valence-corrected chi connectivity index (χ2v) is 7.77. The molecule has 0 aromatic heterocycles. The van der Waals surface area contributed by atoms with Crippen LogP contribution in [0, 0.1) is 5.92 Å². The number of hydrogen-bond donors (Lipinski definition) is 1. The van der Waals surface area contributed by atoms with Crippen LogP contribution in [-0.2, 0) is 14.3 Å². The van der Waals surface area contributed by atoms with Crippen LogP contribution in [0.15, 0.2) is 71.8 Å². The van der Waals surface area contributed by atoms with Crippen molar-refractivity contribution in [2.45, 2.75) is 39.2 Å². The topological polar surface area (TPSA) is 47.6 Å². The van der Waals surface area contributed by atoms with E-state index in [1.54, 1.807) is 0 Å². The van der Waals surface area contributed by atoms with Crippen LogP contribution in [0.1, 0.15) is 50.3 Å². The van der Waals surface area contributed by atoms with Gasteiger partial charge in [-0.3, -0.25) is 0 Å². The van der Waals surface area contributed by atoms with Gasteiger partial charge < -0.3 is 14.8 Å². The summed E-state index contributed by atoms with van der Waals surface area (Å²) in [6, 6.07) is 20.4. The Balaban J connectivity index is 1.53. The highest BCUT2D eigenvalue weighted by Gasteiger charge is 2.22. The van der Waals surface area contributed by atoms with Crippen LogP contribution in [0.2, 0.25) is 0 Å². The van der Waals surface area contributed by atoms with Gasteiger partial charge in [0.2, 0.25) is 0 Å². The highest BCUT2D eigenvalue weighted by atomic mass is 16.5. The average Bonchev–Trinajstić information content (AvgIpc) is 2.79. The van der Waals surface area contributed by atoms with Crippen molar-refractivity contribution in [3.63, 3.8) is 0 Å². The fraction of sp³-hybridized carbons (Fsp3) is 0.423. The van der Waals surface area contributed by atoms with Crippen LogP contribution in [0.3, 0.4) is 0 Å². The zero-order chi connectivity index (χ0) is 21.2. The number of carbonyl (C=O) groups is 1. The Morgan fingerprint density at radius 1 is 1.03 bits per heavy atom. The number of ether oxygens (including phenoxy) is 2. The van der Waals surface area contributed by atoms with Gasteiger partial charge in [0, 0.05) is 18.5 Å². The summed E-state index contributed by atoms with van der Waals surface area (Å²) in [5.74, 6) is 0.228. The summed E-state index contributed by atoms with van der Waals surface area (Å²) < 4.78 is 11.8. The van der Waals surface area contributed by atoms with Crippen LogP contribution in [0.25, 0.3) is 0 Å². The average molecular weight is 408 g/mol. The standard InChI is InChI=1S/C26H33NO3/c1-3-23(24-15-16-27-19-20(24)2)26(28)30-18-10-17-29-25(21-11-6-4-7-12-21)22-13-8-5-9-14-22/h4-9,11-14,20,25,27H,3,10,15-19H2,1-2H3. The molecule has 3 rings (SSSR count).